The predicted molar refractivity (Wildman–Crippen MR) is 89.2 cm³/mol. The predicted octanol–water partition coefficient (Wildman–Crippen LogP) is 0.743. The summed E-state index contributed by atoms with van der Waals surface area (Å²) in [7, 11) is 2.95. The molecule has 1 atom stereocenters. The SMILES string of the molecule is CC1COc2ccccc2CN1c1c(C#N)c(=O)n(C)c(=O)n1C. The van der Waals surface area contributed by atoms with E-state index in [1.807, 2.05) is 42.2 Å². The van der Waals surface area contributed by atoms with Crippen molar-refractivity contribution in [1.29, 1.82) is 5.26 Å². The first-order chi connectivity index (χ1) is 11.5. The summed E-state index contributed by atoms with van der Waals surface area (Å²) in [6.07, 6.45) is 0. The number of fused-ring (bicyclic) bond motifs is 1. The summed E-state index contributed by atoms with van der Waals surface area (Å²) in [5.41, 5.74) is -0.134. The molecule has 0 N–H and O–H groups in total. The van der Waals surface area contributed by atoms with Crippen molar-refractivity contribution in [2.45, 2.75) is 19.5 Å². The molecule has 1 aliphatic rings. The molecule has 7 heteroatoms. The highest BCUT2D eigenvalue weighted by Gasteiger charge is 2.28. The van der Waals surface area contributed by atoms with Crippen LogP contribution in [-0.4, -0.2) is 21.8 Å². The maximum absolute atomic E-state index is 12.3. The van der Waals surface area contributed by atoms with E-state index < -0.39 is 11.2 Å². The third-order valence-electron chi connectivity index (χ3n) is 4.34. The van der Waals surface area contributed by atoms with E-state index in [4.69, 9.17) is 4.74 Å². The van der Waals surface area contributed by atoms with Gasteiger partial charge in [0.25, 0.3) is 5.56 Å². The van der Waals surface area contributed by atoms with Crippen LogP contribution >= 0.6 is 0 Å². The summed E-state index contributed by atoms with van der Waals surface area (Å²) in [5.74, 6) is 1.11. The molecule has 0 bridgehead atoms. The van der Waals surface area contributed by atoms with Crippen molar-refractivity contribution in [3.8, 4) is 11.8 Å². The van der Waals surface area contributed by atoms with E-state index in [0.29, 0.717) is 19.0 Å². The summed E-state index contributed by atoms with van der Waals surface area (Å²) in [6, 6.07) is 9.48. The smallest absolute Gasteiger partial charge is 0.332 e. The molecule has 124 valence electrons. The van der Waals surface area contributed by atoms with Gasteiger partial charge in [-0.25, -0.2) is 4.79 Å². The Kier molecular flexibility index (Phi) is 3.89. The van der Waals surface area contributed by atoms with Crippen LogP contribution in [0.25, 0.3) is 0 Å². The maximum atomic E-state index is 12.3. The minimum Gasteiger partial charge on any atom is -0.491 e. The quantitative estimate of drug-likeness (QED) is 0.772. The second-order valence-electron chi connectivity index (χ2n) is 5.91. The van der Waals surface area contributed by atoms with Crippen molar-refractivity contribution in [2.24, 2.45) is 14.1 Å². The van der Waals surface area contributed by atoms with E-state index in [1.54, 1.807) is 7.05 Å². The lowest BCUT2D eigenvalue weighted by molar-refractivity contribution is 0.298. The zero-order chi connectivity index (χ0) is 17.4. The second kappa shape index (κ2) is 5.89. The average molecular weight is 326 g/mol. The molecule has 2 heterocycles. The number of hydrogen-bond donors (Lipinski definition) is 0. The number of aromatic nitrogens is 2. The molecular weight excluding hydrogens is 308 g/mol. The first kappa shape index (κ1) is 15.9. The third-order valence-corrected chi connectivity index (χ3v) is 4.34. The van der Waals surface area contributed by atoms with E-state index in [1.165, 1.54) is 11.6 Å². The number of ether oxygens (including phenoxy) is 1. The van der Waals surface area contributed by atoms with Gasteiger partial charge in [-0.3, -0.25) is 13.9 Å². The van der Waals surface area contributed by atoms with Gasteiger partial charge in [0.15, 0.2) is 5.56 Å². The summed E-state index contributed by atoms with van der Waals surface area (Å²) in [4.78, 5) is 26.5. The number of para-hydroxylation sites is 1. The summed E-state index contributed by atoms with van der Waals surface area (Å²) < 4.78 is 8.12. The third kappa shape index (κ3) is 2.36. The molecule has 24 heavy (non-hydrogen) atoms. The van der Waals surface area contributed by atoms with E-state index >= 15 is 0 Å². The van der Waals surface area contributed by atoms with Crippen molar-refractivity contribution >= 4 is 5.82 Å². The van der Waals surface area contributed by atoms with Crippen LogP contribution in [0.1, 0.15) is 18.1 Å². The lowest BCUT2D eigenvalue weighted by atomic mass is 10.1. The van der Waals surface area contributed by atoms with Crippen LogP contribution < -0.4 is 20.9 Å². The normalized spacial score (nSPS) is 16.8. The molecule has 2 aromatic rings. The zero-order valence-electron chi connectivity index (χ0n) is 13.8. The van der Waals surface area contributed by atoms with Gasteiger partial charge >= 0.3 is 5.69 Å². The summed E-state index contributed by atoms with van der Waals surface area (Å²) in [6.45, 7) is 2.78. The highest BCUT2D eigenvalue weighted by molar-refractivity contribution is 5.55. The van der Waals surface area contributed by atoms with Crippen molar-refractivity contribution in [3.05, 3.63) is 56.2 Å². The Labute approximate surface area is 138 Å². The Morgan fingerprint density at radius 3 is 2.62 bits per heavy atom. The van der Waals surface area contributed by atoms with Gasteiger partial charge < -0.3 is 9.64 Å². The Balaban J connectivity index is 2.24. The fourth-order valence-corrected chi connectivity index (χ4v) is 2.97. The van der Waals surface area contributed by atoms with Crippen LogP contribution in [0.2, 0.25) is 0 Å². The Bertz CT molecular complexity index is 952. The molecule has 1 unspecified atom stereocenters. The minimum absolute atomic E-state index is 0.0363. The fourth-order valence-electron chi connectivity index (χ4n) is 2.97. The van der Waals surface area contributed by atoms with Crippen LogP contribution in [0.3, 0.4) is 0 Å². The number of nitrogens with zero attached hydrogens (tertiary/aromatic N) is 4. The van der Waals surface area contributed by atoms with Crippen molar-refractivity contribution in [1.82, 2.24) is 9.13 Å². The molecule has 0 fully saturated rings. The van der Waals surface area contributed by atoms with Crippen molar-refractivity contribution < 1.29 is 4.74 Å². The highest BCUT2D eigenvalue weighted by Crippen LogP contribution is 2.28. The van der Waals surface area contributed by atoms with Gasteiger partial charge in [0.05, 0.1) is 6.04 Å². The lowest BCUT2D eigenvalue weighted by Crippen LogP contribution is -2.45. The van der Waals surface area contributed by atoms with Gasteiger partial charge in [0.1, 0.15) is 24.2 Å². The highest BCUT2D eigenvalue weighted by atomic mass is 16.5. The maximum Gasteiger partial charge on any atom is 0.332 e. The zero-order valence-corrected chi connectivity index (χ0v) is 13.8. The van der Waals surface area contributed by atoms with Gasteiger partial charge in [-0.05, 0) is 13.0 Å². The van der Waals surface area contributed by atoms with Crippen LogP contribution in [-0.2, 0) is 20.6 Å². The monoisotopic (exact) mass is 326 g/mol. The van der Waals surface area contributed by atoms with Gasteiger partial charge in [-0.1, -0.05) is 18.2 Å². The van der Waals surface area contributed by atoms with Gasteiger partial charge in [0.2, 0.25) is 0 Å². The molecule has 0 radical (unpaired) electrons. The molecule has 0 saturated heterocycles. The largest absolute Gasteiger partial charge is 0.491 e. The molecule has 0 spiro atoms. The van der Waals surface area contributed by atoms with Crippen molar-refractivity contribution in [3.63, 3.8) is 0 Å². The Hall–Kier alpha value is -3.01. The molecule has 1 aliphatic heterocycles. The molecule has 0 saturated carbocycles. The number of anilines is 1. The number of benzene rings is 1. The standard InChI is InChI=1S/C17H18N4O3/c1-11-10-24-14-7-5-4-6-12(14)9-21(11)15-13(8-18)16(22)20(3)17(23)19(15)2/h4-7,11H,9-10H2,1-3H3. The average Bonchev–Trinajstić information content (AvgIpc) is 2.75. The number of rotatable bonds is 1. The lowest BCUT2D eigenvalue weighted by Gasteiger charge is -2.30. The Morgan fingerprint density at radius 2 is 1.92 bits per heavy atom. The van der Waals surface area contributed by atoms with E-state index in [9.17, 15) is 14.9 Å². The molecule has 3 rings (SSSR count). The first-order valence-electron chi connectivity index (χ1n) is 7.63. The topological polar surface area (TPSA) is 80.3 Å². The number of nitriles is 1. The molecule has 0 amide bonds. The van der Waals surface area contributed by atoms with Crippen LogP contribution in [0.5, 0.6) is 5.75 Å². The molecule has 1 aromatic carbocycles. The van der Waals surface area contributed by atoms with Gasteiger partial charge in [0, 0.05) is 26.2 Å². The molecule has 7 nitrogen and oxygen atoms in total. The van der Waals surface area contributed by atoms with Crippen molar-refractivity contribution in [2.75, 3.05) is 11.5 Å². The van der Waals surface area contributed by atoms with Crippen LogP contribution in [0.15, 0.2) is 33.9 Å². The summed E-state index contributed by atoms with van der Waals surface area (Å²) in [5, 5.41) is 9.48. The van der Waals surface area contributed by atoms with Crippen LogP contribution in [0.4, 0.5) is 5.82 Å². The van der Waals surface area contributed by atoms with Gasteiger partial charge in [-0.2, -0.15) is 5.26 Å². The second-order valence-corrected chi connectivity index (χ2v) is 5.91. The molecule has 1 aromatic heterocycles. The number of hydrogen-bond acceptors (Lipinski definition) is 5. The van der Waals surface area contributed by atoms with E-state index in [-0.39, 0.29) is 11.6 Å². The Morgan fingerprint density at radius 1 is 1.21 bits per heavy atom. The van der Waals surface area contributed by atoms with Gasteiger partial charge in [-0.15, -0.1) is 0 Å². The van der Waals surface area contributed by atoms with E-state index in [2.05, 4.69) is 0 Å². The van der Waals surface area contributed by atoms with Crippen LogP contribution in [0, 0.1) is 11.3 Å². The molecule has 0 aliphatic carbocycles. The summed E-state index contributed by atoms with van der Waals surface area (Å²) >= 11 is 0. The molecular formula is C17H18N4O3. The minimum atomic E-state index is -0.582. The fraction of sp³-hybridized carbons (Fsp3) is 0.353. The first-order valence-corrected chi connectivity index (χ1v) is 7.63. The van der Waals surface area contributed by atoms with E-state index in [0.717, 1.165) is 15.9 Å².